The maximum absolute atomic E-state index is 13.1. The third kappa shape index (κ3) is 4.11. The summed E-state index contributed by atoms with van der Waals surface area (Å²) in [6.07, 6.45) is 0. The lowest BCUT2D eigenvalue weighted by Crippen LogP contribution is -2.55. The molecule has 2 aromatic carbocycles. The molecule has 126 valence electrons. The zero-order chi connectivity index (χ0) is 17.9. The zero-order valence-electron chi connectivity index (χ0n) is 13.6. The molecule has 0 unspecified atom stereocenters. The van der Waals surface area contributed by atoms with Crippen LogP contribution in [0.3, 0.4) is 0 Å². The highest BCUT2D eigenvalue weighted by Gasteiger charge is 2.30. The quantitative estimate of drug-likeness (QED) is 0.832. The highest BCUT2D eigenvalue weighted by atomic mass is 35.5. The SMILES string of the molecule is CC(C)(C)N(NC(=O)c1ccc(F)cc1Cl)C(=O)c1ccccc1. The van der Waals surface area contributed by atoms with Crippen LogP contribution in [0, 0.1) is 5.82 Å². The summed E-state index contributed by atoms with van der Waals surface area (Å²) in [4.78, 5) is 25.2. The van der Waals surface area contributed by atoms with E-state index in [2.05, 4.69) is 5.43 Å². The Bertz CT molecular complexity index is 757. The molecule has 0 aromatic heterocycles. The smallest absolute Gasteiger partial charge is 0.267 e. The van der Waals surface area contributed by atoms with Crippen molar-refractivity contribution in [3.05, 3.63) is 70.5 Å². The Morgan fingerprint density at radius 2 is 1.71 bits per heavy atom. The standard InChI is InChI=1S/C18H18ClFN2O2/c1-18(2,3)22(17(24)12-7-5-4-6-8-12)21-16(23)14-10-9-13(20)11-15(14)19/h4-11H,1-3H3,(H,21,23). The molecule has 0 saturated carbocycles. The van der Waals surface area contributed by atoms with Gasteiger partial charge in [0.05, 0.1) is 16.1 Å². The third-order valence-corrected chi connectivity index (χ3v) is 3.60. The van der Waals surface area contributed by atoms with E-state index in [-0.39, 0.29) is 16.5 Å². The van der Waals surface area contributed by atoms with Gasteiger partial charge in [0.25, 0.3) is 11.8 Å². The van der Waals surface area contributed by atoms with Crippen molar-refractivity contribution in [1.29, 1.82) is 0 Å². The van der Waals surface area contributed by atoms with Crippen molar-refractivity contribution in [3.63, 3.8) is 0 Å². The van der Waals surface area contributed by atoms with Crippen molar-refractivity contribution in [1.82, 2.24) is 10.4 Å². The minimum absolute atomic E-state index is 0.0199. The molecular formula is C18H18ClFN2O2. The number of benzene rings is 2. The van der Waals surface area contributed by atoms with E-state index in [4.69, 9.17) is 11.6 Å². The number of halogens is 2. The summed E-state index contributed by atoms with van der Waals surface area (Å²) in [6, 6.07) is 12.1. The first kappa shape index (κ1) is 17.9. The van der Waals surface area contributed by atoms with E-state index < -0.39 is 17.3 Å². The first-order valence-electron chi connectivity index (χ1n) is 7.36. The Morgan fingerprint density at radius 3 is 2.25 bits per heavy atom. The average Bonchev–Trinajstić information content (AvgIpc) is 2.51. The number of amides is 2. The largest absolute Gasteiger partial charge is 0.272 e. The zero-order valence-corrected chi connectivity index (χ0v) is 14.4. The van der Waals surface area contributed by atoms with Gasteiger partial charge in [-0.3, -0.25) is 15.0 Å². The lowest BCUT2D eigenvalue weighted by Gasteiger charge is -2.35. The van der Waals surface area contributed by atoms with E-state index in [0.717, 1.165) is 12.1 Å². The fraction of sp³-hybridized carbons (Fsp3) is 0.222. The summed E-state index contributed by atoms with van der Waals surface area (Å²) in [6.45, 7) is 5.38. The molecule has 0 fully saturated rings. The molecule has 0 spiro atoms. The molecule has 0 aliphatic heterocycles. The Balaban J connectivity index is 2.30. The number of hydrazine groups is 1. The lowest BCUT2D eigenvalue weighted by molar-refractivity contribution is 0.0358. The van der Waals surface area contributed by atoms with Gasteiger partial charge in [-0.15, -0.1) is 0 Å². The first-order chi connectivity index (χ1) is 11.2. The summed E-state index contributed by atoms with van der Waals surface area (Å²) >= 11 is 5.91. The second-order valence-corrected chi connectivity index (χ2v) is 6.65. The van der Waals surface area contributed by atoms with Crippen molar-refractivity contribution in [3.8, 4) is 0 Å². The van der Waals surface area contributed by atoms with Crippen molar-refractivity contribution in [2.45, 2.75) is 26.3 Å². The van der Waals surface area contributed by atoms with Crippen LogP contribution < -0.4 is 5.43 Å². The monoisotopic (exact) mass is 348 g/mol. The fourth-order valence-corrected chi connectivity index (χ4v) is 2.32. The number of hydrogen-bond donors (Lipinski definition) is 1. The molecule has 24 heavy (non-hydrogen) atoms. The molecule has 1 N–H and O–H groups in total. The predicted octanol–water partition coefficient (Wildman–Crippen LogP) is 4.06. The normalized spacial score (nSPS) is 11.0. The van der Waals surface area contributed by atoms with Crippen molar-refractivity contribution >= 4 is 23.4 Å². The van der Waals surface area contributed by atoms with E-state index in [0.29, 0.717) is 5.56 Å². The molecule has 0 aliphatic carbocycles. The predicted molar refractivity (Wildman–Crippen MR) is 91.2 cm³/mol. The number of hydrogen-bond acceptors (Lipinski definition) is 2. The highest BCUT2D eigenvalue weighted by molar-refractivity contribution is 6.33. The second kappa shape index (κ2) is 7.01. The van der Waals surface area contributed by atoms with Gasteiger partial charge in [0.2, 0.25) is 0 Å². The van der Waals surface area contributed by atoms with Crippen LogP contribution in [0.15, 0.2) is 48.5 Å². The van der Waals surface area contributed by atoms with E-state index >= 15 is 0 Å². The summed E-state index contributed by atoms with van der Waals surface area (Å²) in [5.41, 5.74) is 2.43. The van der Waals surface area contributed by atoms with Gasteiger partial charge < -0.3 is 0 Å². The van der Waals surface area contributed by atoms with Crippen molar-refractivity contribution in [2.24, 2.45) is 0 Å². The number of carbonyl (C=O) groups is 2. The molecule has 4 nitrogen and oxygen atoms in total. The third-order valence-electron chi connectivity index (χ3n) is 3.28. The van der Waals surface area contributed by atoms with Gasteiger partial charge in [-0.05, 0) is 51.1 Å². The molecule has 6 heteroatoms. The summed E-state index contributed by atoms with van der Waals surface area (Å²) in [5.74, 6) is -1.47. The maximum Gasteiger partial charge on any atom is 0.272 e. The molecule has 0 heterocycles. The van der Waals surface area contributed by atoms with E-state index in [9.17, 15) is 14.0 Å². The Morgan fingerprint density at radius 1 is 1.08 bits per heavy atom. The molecule has 0 bridgehead atoms. The van der Waals surface area contributed by atoms with Crippen LogP contribution in [-0.4, -0.2) is 22.4 Å². The Kier molecular flexibility index (Phi) is 5.24. The molecule has 0 radical (unpaired) electrons. The van der Waals surface area contributed by atoms with Gasteiger partial charge in [-0.1, -0.05) is 29.8 Å². The Labute approximate surface area is 145 Å². The van der Waals surface area contributed by atoms with Gasteiger partial charge in [-0.25, -0.2) is 9.40 Å². The molecule has 2 aromatic rings. The van der Waals surface area contributed by atoms with Gasteiger partial charge in [-0.2, -0.15) is 0 Å². The molecule has 2 rings (SSSR count). The molecule has 0 saturated heterocycles. The van der Waals surface area contributed by atoms with Crippen LogP contribution >= 0.6 is 11.6 Å². The first-order valence-corrected chi connectivity index (χ1v) is 7.73. The van der Waals surface area contributed by atoms with Crippen LogP contribution in [0.2, 0.25) is 5.02 Å². The minimum atomic E-state index is -0.672. The topological polar surface area (TPSA) is 49.4 Å². The number of nitrogens with one attached hydrogen (secondary N) is 1. The number of carbonyl (C=O) groups excluding carboxylic acids is 2. The van der Waals surface area contributed by atoms with Gasteiger partial charge >= 0.3 is 0 Å². The summed E-state index contributed by atoms with van der Waals surface area (Å²) in [7, 11) is 0. The maximum atomic E-state index is 13.1. The van der Waals surface area contributed by atoms with E-state index in [1.807, 2.05) is 0 Å². The lowest BCUT2D eigenvalue weighted by atomic mass is 10.1. The van der Waals surface area contributed by atoms with Crippen LogP contribution in [0.4, 0.5) is 4.39 Å². The molecule has 0 atom stereocenters. The van der Waals surface area contributed by atoms with Crippen LogP contribution in [0.25, 0.3) is 0 Å². The molecule has 0 aliphatic rings. The number of rotatable bonds is 2. The van der Waals surface area contributed by atoms with E-state index in [1.165, 1.54) is 11.1 Å². The van der Waals surface area contributed by atoms with Crippen LogP contribution in [0.5, 0.6) is 0 Å². The van der Waals surface area contributed by atoms with Gasteiger partial charge in [0, 0.05) is 5.56 Å². The average molecular weight is 349 g/mol. The summed E-state index contributed by atoms with van der Waals surface area (Å²) in [5, 5.41) is 1.22. The van der Waals surface area contributed by atoms with Crippen molar-refractivity contribution in [2.75, 3.05) is 0 Å². The highest BCUT2D eigenvalue weighted by Crippen LogP contribution is 2.19. The van der Waals surface area contributed by atoms with E-state index in [1.54, 1.807) is 51.1 Å². The van der Waals surface area contributed by atoms with Gasteiger partial charge in [0.15, 0.2) is 0 Å². The van der Waals surface area contributed by atoms with Crippen molar-refractivity contribution < 1.29 is 14.0 Å². The fourth-order valence-electron chi connectivity index (χ4n) is 2.07. The molecular weight excluding hydrogens is 331 g/mol. The second-order valence-electron chi connectivity index (χ2n) is 6.24. The van der Waals surface area contributed by atoms with Crippen LogP contribution in [-0.2, 0) is 0 Å². The van der Waals surface area contributed by atoms with Gasteiger partial charge in [0.1, 0.15) is 5.82 Å². The number of nitrogens with zero attached hydrogens (tertiary/aromatic N) is 1. The Hall–Kier alpha value is -2.40. The minimum Gasteiger partial charge on any atom is -0.267 e. The molecule has 2 amide bonds. The van der Waals surface area contributed by atoms with Crippen LogP contribution in [0.1, 0.15) is 41.5 Å². The summed E-state index contributed by atoms with van der Waals surface area (Å²) < 4.78 is 13.1.